The first-order valence-corrected chi connectivity index (χ1v) is 26.4. The normalized spacial score (nSPS) is 15.2. The van der Waals surface area contributed by atoms with Crippen LogP contribution in [0.25, 0.3) is 0 Å². The zero-order valence-corrected chi connectivity index (χ0v) is 42.1. The van der Waals surface area contributed by atoms with Crippen LogP contribution >= 0.6 is 7.82 Å². The molecule has 3 atom stereocenters. The number of phosphoric acid groups is 1. The van der Waals surface area contributed by atoms with E-state index in [1.54, 1.807) is 6.08 Å². The van der Waals surface area contributed by atoms with Gasteiger partial charge in [-0.2, -0.15) is 0 Å². The van der Waals surface area contributed by atoms with Crippen LogP contribution in [-0.2, 0) is 18.4 Å². The Kier molecular flexibility index (Phi) is 42.9. The van der Waals surface area contributed by atoms with Crippen molar-refractivity contribution in [3.05, 3.63) is 122 Å². The first-order valence-electron chi connectivity index (χ1n) is 24.9. The minimum absolute atomic E-state index is 0.0458. The molecular formula is C55H94N2O6P+. The van der Waals surface area contributed by atoms with E-state index in [2.05, 4.69) is 129 Å². The zero-order chi connectivity index (χ0) is 47.1. The van der Waals surface area contributed by atoms with Crippen LogP contribution in [0.5, 0.6) is 0 Å². The van der Waals surface area contributed by atoms with Gasteiger partial charge in [-0.3, -0.25) is 13.8 Å². The number of carbonyl (C=O) groups excluding carboxylic acids is 1. The number of amides is 1. The third-order valence-corrected chi connectivity index (χ3v) is 11.1. The molecule has 0 spiro atoms. The Morgan fingerprint density at radius 1 is 0.547 bits per heavy atom. The van der Waals surface area contributed by atoms with Crippen LogP contribution < -0.4 is 5.32 Å². The third kappa shape index (κ3) is 46.9. The highest BCUT2D eigenvalue weighted by Crippen LogP contribution is 2.43. The fraction of sp³-hybridized carbons (Fsp3) is 0.618. The molecule has 9 heteroatoms. The lowest BCUT2D eigenvalue weighted by Crippen LogP contribution is -2.45. The van der Waals surface area contributed by atoms with Crippen molar-refractivity contribution in [1.29, 1.82) is 0 Å². The molecule has 0 saturated heterocycles. The van der Waals surface area contributed by atoms with E-state index in [-0.39, 0.29) is 19.1 Å². The summed E-state index contributed by atoms with van der Waals surface area (Å²) in [6.45, 7) is 4.61. The summed E-state index contributed by atoms with van der Waals surface area (Å²) in [5.41, 5.74) is 0. The summed E-state index contributed by atoms with van der Waals surface area (Å²) in [7, 11) is 1.52. The quantitative estimate of drug-likeness (QED) is 0.0244. The number of hydrogen-bond acceptors (Lipinski definition) is 5. The van der Waals surface area contributed by atoms with Crippen LogP contribution in [0.15, 0.2) is 122 Å². The highest BCUT2D eigenvalue weighted by atomic mass is 31.2. The maximum Gasteiger partial charge on any atom is 0.472 e. The molecule has 0 saturated carbocycles. The van der Waals surface area contributed by atoms with Crippen molar-refractivity contribution in [3.8, 4) is 0 Å². The number of aliphatic hydroxyl groups is 1. The lowest BCUT2D eigenvalue weighted by molar-refractivity contribution is -0.870. The number of hydrogen-bond donors (Lipinski definition) is 3. The summed E-state index contributed by atoms with van der Waals surface area (Å²) in [6.07, 6.45) is 67.2. The van der Waals surface area contributed by atoms with Crippen LogP contribution in [-0.4, -0.2) is 73.4 Å². The second kappa shape index (κ2) is 45.1. The molecule has 0 aliphatic rings. The van der Waals surface area contributed by atoms with Gasteiger partial charge in [0, 0.05) is 6.42 Å². The molecule has 64 heavy (non-hydrogen) atoms. The van der Waals surface area contributed by atoms with Crippen LogP contribution in [0.2, 0.25) is 0 Å². The minimum Gasteiger partial charge on any atom is -0.387 e. The number of nitrogens with one attached hydrogen (secondary N) is 1. The van der Waals surface area contributed by atoms with Gasteiger partial charge in [-0.15, -0.1) is 0 Å². The number of phosphoric ester groups is 1. The molecule has 3 unspecified atom stereocenters. The Morgan fingerprint density at radius 3 is 1.44 bits per heavy atom. The fourth-order valence-corrected chi connectivity index (χ4v) is 6.98. The number of allylic oxidation sites excluding steroid dienone is 19. The summed E-state index contributed by atoms with van der Waals surface area (Å²) in [4.78, 5) is 23.1. The summed E-state index contributed by atoms with van der Waals surface area (Å²) >= 11 is 0. The molecule has 0 aliphatic heterocycles. The molecule has 0 fully saturated rings. The molecule has 1 amide bonds. The Bertz CT molecular complexity index is 1450. The molecule has 0 aromatic heterocycles. The molecule has 0 bridgehead atoms. The van der Waals surface area contributed by atoms with Crippen molar-refractivity contribution < 1.29 is 32.9 Å². The predicted molar refractivity (Wildman–Crippen MR) is 276 cm³/mol. The number of aliphatic hydroxyl groups excluding tert-OH is 1. The van der Waals surface area contributed by atoms with Gasteiger partial charge in [0.25, 0.3) is 0 Å². The van der Waals surface area contributed by atoms with Gasteiger partial charge in [0.2, 0.25) is 5.91 Å². The van der Waals surface area contributed by atoms with E-state index in [1.165, 1.54) is 38.5 Å². The predicted octanol–water partition coefficient (Wildman–Crippen LogP) is 14.6. The minimum atomic E-state index is -4.36. The van der Waals surface area contributed by atoms with Crippen molar-refractivity contribution in [2.24, 2.45) is 0 Å². The Balaban J connectivity index is 4.28. The van der Waals surface area contributed by atoms with Gasteiger partial charge >= 0.3 is 7.82 Å². The van der Waals surface area contributed by atoms with E-state index in [0.29, 0.717) is 17.4 Å². The molecule has 0 heterocycles. The van der Waals surface area contributed by atoms with E-state index in [1.807, 2.05) is 27.2 Å². The van der Waals surface area contributed by atoms with E-state index < -0.39 is 20.0 Å². The third-order valence-electron chi connectivity index (χ3n) is 10.2. The van der Waals surface area contributed by atoms with Crippen molar-refractivity contribution in [2.45, 2.75) is 180 Å². The van der Waals surface area contributed by atoms with Crippen LogP contribution in [0.1, 0.15) is 168 Å². The highest BCUT2D eigenvalue weighted by Gasteiger charge is 2.27. The molecule has 8 nitrogen and oxygen atoms in total. The monoisotopic (exact) mass is 910 g/mol. The molecule has 364 valence electrons. The number of unbranched alkanes of at least 4 members (excludes halogenated alkanes) is 12. The average Bonchev–Trinajstić information content (AvgIpc) is 3.25. The summed E-state index contributed by atoms with van der Waals surface area (Å²) < 4.78 is 23.5. The molecule has 3 N–H and O–H groups in total. The second-order valence-electron chi connectivity index (χ2n) is 17.4. The molecule has 0 aliphatic carbocycles. The highest BCUT2D eigenvalue weighted by molar-refractivity contribution is 7.47. The molecular weight excluding hydrogens is 816 g/mol. The van der Waals surface area contributed by atoms with Gasteiger partial charge in [0.15, 0.2) is 0 Å². The van der Waals surface area contributed by atoms with E-state index in [4.69, 9.17) is 9.05 Å². The Labute approximate surface area is 393 Å². The molecule has 0 rings (SSSR count). The Morgan fingerprint density at radius 2 is 0.953 bits per heavy atom. The van der Waals surface area contributed by atoms with Gasteiger partial charge in [-0.05, 0) is 96.3 Å². The van der Waals surface area contributed by atoms with Crippen molar-refractivity contribution >= 4 is 13.7 Å². The summed E-state index contributed by atoms with van der Waals surface area (Å²) in [6, 6.07) is -0.879. The van der Waals surface area contributed by atoms with Crippen molar-refractivity contribution in [1.82, 2.24) is 5.32 Å². The maximum absolute atomic E-state index is 12.9. The van der Waals surface area contributed by atoms with Crippen molar-refractivity contribution in [3.63, 3.8) is 0 Å². The van der Waals surface area contributed by atoms with E-state index in [0.717, 1.165) is 109 Å². The lowest BCUT2D eigenvalue weighted by atomic mass is 10.1. The number of carbonyl (C=O) groups is 1. The van der Waals surface area contributed by atoms with Crippen LogP contribution in [0.3, 0.4) is 0 Å². The first-order chi connectivity index (χ1) is 31.0. The van der Waals surface area contributed by atoms with E-state index >= 15 is 0 Å². The number of nitrogens with zero attached hydrogens (tertiary/aromatic N) is 1. The number of rotatable bonds is 43. The van der Waals surface area contributed by atoms with Crippen molar-refractivity contribution in [2.75, 3.05) is 40.9 Å². The van der Waals surface area contributed by atoms with Gasteiger partial charge in [0.1, 0.15) is 13.2 Å². The lowest BCUT2D eigenvalue weighted by Gasteiger charge is -2.25. The number of likely N-dealkylation sites (N-methyl/N-ethyl adjacent to an activating group) is 1. The van der Waals surface area contributed by atoms with Gasteiger partial charge < -0.3 is 19.8 Å². The summed E-state index contributed by atoms with van der Waals surface area (Å²) in [5, 5.41) is 13.8. The van der Waals surface area contributed by atoms with Crippen LogP contribution in [0, 0.1) is 0 Å². The van der Waals surface area contributed by atoms with Gasteiger partial charge in [-0.25, -0.2) is 4.57 Å². The fourth-order valence-electron chi connectivity index (χ4n) is 6.25. The standard InChI is InChI=1S/C55H93N2O6P/c1-6-8-10-12-14-16-18-19-20-21-22-23-24-25-26-27-28-29-30-31-32-33-34-35-36-37-39-41-43-45-47-49-55(59)56-53(52-63-64(60,61)62-51-50-57(3,4)5)54(58)48-46-44-42-40-38-17-15-13-11-9-7-2/h8,10,14,16,19-20,22-23,25-26,28-29,31-32,34-35,38,40,46,48,53-54,58H,6-7,9,11-13,15,17-18,21,24,27,30,33,36-37,39,41-45,47,49-52H2,1-5H3,(H-,56,59,60,61)/p+1/b10-8-,16-14-,20-19-,23-22-,26-25-,29-28-,32-31-,35-34-,40-38+,48-46+. The second-order valence-corrected chi connectivity index (χ2v) is 18.9. The Hall–Kier alpha value is -3.10. The molecule has 0 aromatic rings. The summed E-state index contributed by atoms with van der Waals surface area (Å²) in [5.74, 6) is -0.210. The van der Waals surface area contributed by atoms with Gasteiger partial charge in [0.05, 0.1) is 39.9 Å². The topological polar surface area (TPSA) is 105 Å². The van der Waals surface area contributed by atoms with E-state index in [9.17, 15) is 19.4 Å². The van der Waals surface area contributed by atoms with Crippen LogP contribution in [0.4, 0.5) is 0 Å². The molecule has 0 radical (unpaired) electrons. The smallest absolute Gasteiger partial charge is 0.387 e. The molecule has 0 aromatic carbocycles. The SMILES string of the molecule is CC/C=C\C/C=C\C/C=C\C/C=C\C/C=C\C/C=C\C/C=C\C/C=C\CCCCCCCCC(=O)NC(COP(=O)(O)OCC[N+](C)(C)C)C(O)/C=C/CC/C=C/CCCCCCC. The largest absolute Gasteiger partial charge is 0.472 e. The number of quaternary nitrogens is 1. The average molecular weight is 910 g/mol. The zero-order valence-electron chi connectivity index (χ0n) is 41.2. The first kappa shape index (κ1) is 60.9. The van der Waals surface area contributed by atoms with Gasteiger partial charge in [-0.1, -0.05) is 187 Å². The maximum atomic E-state index is 12.9.